The molecule has 4 aromatic carbocycles. The molecule has 4 fully saturated rings. The Hall–Kier alpha value is -6.37. The second kappa shape index (κ2) is 19.6. The third-order valence-electron chi connectivity index (χ3n) is 14.4. The molecule has 1 unspecified atom stereocenters. The van der Waals surface area contributed by atoms with Gasteiger partial charge in [-0.3, -0.25) is 24.2 Å². The number of aromatic amines is 2. The van der Waals surface area contributed by atoms with Gasteiger partial charge >= 0.3 is 0 Å². The van der Waals surface area contributed by atoms with Crippen LogP contribution in [0.3, 0.4) is 0 Å². The molecule has 4 atom stereocenters. The lowest BCUT2D eigenvalue weighted by Crippen LogP contribution is -2.44. The number of imidazole rings is 2. The summed E-state index contributed by atoms with van der Waals surface area (Å²) in [6.07, 6.45) is 12.2. The second-order valence-electron chi connectivity index (χ2n) is 18.5. The van der Waals surface area contributed by atoms with Crippen LogP contribution in [0.1, 0.15) is 122 Å². The normalized spacial score (nSPS) is 20.3. The SMILES string of the molecule is CNC(=O)c1nc([C@@H]2CCCN2C(=O)[C@@H](c2ccccc2)N2CCCCC2)[nH]c1-c1ccc(-c2ccc(-c3cnc([C@@H]4CCCN4C(=O)C(c4ccccc4)N4CCCCC4)[nH]3)cc2)cc1. The number of hydrogen-bond donors (Lipinski definition) is 3. The zero-order valence-electron chi connectivity index (χ0n) is 38.0. The smallest absolute Gasteiger partial charge is 0.271 e. The van der Waals surface area contributed by atoms with E-state index >= 15 is 0 Å². The number of carbonyl (C=O) groups excluding carboxylic acids is 3. The van der Waals surface area contributed by atoms with Gasteiger partial charge in [0.15, 0.2) is 5.69 Å². The first kappa shape index (κ1) is 43.5. The van der Waals surface area contributed by atoms with Crippen LogP contribution < -0.4 is 5.32 Å². The van der Waals surface area contributed by atoms with Crippen LogP contribution in [0, 0.1) is 0 Å². The number of amides is 3. The molecule has 340 valence electrons. The maximum absolute atomic E-state index is 14.6. The predicted octanol–water partition coefficient (Wildman–Crippen LogP) is 9.27. The van der Waals surface area contributed by atoms with Crippen LogP contribution in [-0.2, 0) is 9.59 Å². The van der Waals surface area contributed by atoms with Crippen LogP contribution in [-0.4, -0.2) is 104 Å². The molecule has 2 aromatic heterocycles. The van der Waals surface area contributed by atoms with Gasteiger partial charge in [-0.05, 0) is 105 Å². The van der Waals surface area contributed by atoms with Crippen LogP contribution in [0.25, 0.3) is 33.6 Å². The van der Waals surface area contributed by atoms with Crippen molar-refractivity contribution in [1.29, 1.82) is 0 Å². The number of nitrogens with one attached hydrogen (secondary N) is 3. The highest BCUT2D eigenvalue weighted by Crippen LogP contribution is 2.39. The van der Waals surface area contributed by atoms with Gasteiger partial charge in [-0.25, -0.2) is 9.97 Å². The van der Waals surface area contributed by atoms with Crippen LogP contribution in [0.2, 0.25) is 0 Å². The van der Waals surface area contributed by atoms with Gasteiger partial charge in [-0.15, -0.1) is 0 Å². The summed E-state index contributed by atoms with van der Waals surface area (Å²) >= 11 is 0. The number of likely N-dealkylation sites (tertiary alicyclic amines) is 4. The second-order valence-corrected chi connectivity index (χ2v) is 18.5. The van der Waals surface area contributed by atoms with Crippen LogP contribution in [0.15, 0.2) is 115 Å². The Balaban J connectivity index is 0.846. The first-order valence-electron chi connectivity index (χ1n) is 24.2. The molecule has 12 nitrogen and oxygen atoms in total. The van der Waals surface area contributed by atoms with Crippen molar-refractivity contribution in [3.8, 4) is 33.6 Å². The highest BCUT2D eigenvalue weighted by atomic mass is 16.2. The number of carbonyl (C=O) groups is 3. The Morgan fingerprint density at radius 2 is 1.02 bits per heavy atom. The Kier molecular flexibility index (Phi) is 12.9. The molecule has 66 heavy (non-hydrogen) atoms. The van der Waals surface area contributed by atoms with E-state index in [1.165, 1.54) is 12.8 Å². The molecule has 0 saturated carbocycles. The monoisotopic (exact) mass is 883 g/mol. The van der Waals surface area contributed by atoms with Gasteiger partial charge in [0.2, 0.25) is 11.8 Å². The summed E-state index contributed by atoms with van der Waals surface area (Å²) in [6, 6.07) is 36.1. The highest BCUT2D eigenvalue weighted by molar-refractivity contribution is 5.98. The summed E-state index contributed by atoms with van der Waals surface area (Å²) in [5.74, 6) is 1.47. The van der Waals surface area contributed by atoms with Crippen molar-refractivity contribution in [3.05, 3.63) is 144 Å². The Bertz CT molecular complexity index is 2600. The van der Waals surface area contributed by atoms with E-state index in [2.05, 4.69) is 90.6 Å². The summed E-state index contributed by atoms with van der Waals surface area (Å²) in [6.45, 7) is 5.07. The molecule has 4 aliphatic heterocycles. The largest absolute Gasteiger partial charge is 0.354 e. The number of aromatic nitrogens is 4. The lowest BCUT2D eigenvalue weighted by atomic mass is 10.00. The molecule has 3 amide bonds. The molecule has 10 rings (SSSR count). The molecule has 0 radical (unpaired) electrons. The van der Waals surface area contributed by atoms with E-state index in [1.54, 1.807) is 7.05 Å². The summed E-state index contributed by atoms with van der Waals surface area (Å²) in [7, 11) is 1.62. The Morgan fingerprint density at radius 1 is 0.545 bits per heavy atom. The van der Waals surface area contributed by atoms with E-state index in [-0.39, 0.29) is 41.9 Å². The van der Waals surface area contributed by atoms with Crippen LogP contribution in [0.5, 0.6) is 0 Å². The van der Waals surface area contributed by atoms with Crippen molar-refractivity contribution in [2.45, 2.75) is 88.4 Å². The fourth-order valence-electron chi connectivity index (χ4n) is 11.0. The van der Waals surface area contributed by atoms with Crippen molar-refractivity contribution >= 4 is 17.7 Å². The van der Waals surface area contributed by atoms with Gasteiger partial charge in [0, 0.05) is 25.7 Å². The lowest BCUT2D eigenvalue weighted by molar-refractivity contribution is -0.139. The van der Waals surface area contributed by atoms with Crippen molar-refractivity contribution in [2.24, 2.45) is 0 Å². The summed E-state index contributed by atoms with van der Waals surface area (Å²) < 4.78 is 0. The molecular weight excluding hydrogens is 823 g/mol. The number of nitrogens with zero attached hydrogens (tertiary/aromatic N) is 6. The minimum atomic E-state index is -0.346. The average Bonchev–Trinajstić information content (AvgIpc) is 4.23. The van der Waals surface area contributed by atoms with Gasteiger partial charge in [0.05, 0.1) is 29.7 Å². The van der Waals surface area contributed by atoms with Crippen LogP contribution >= 0.6 is 0 Å². The van der Waals surface area contributed by atoms with Crippen molar-refractivity contribution < 1.29 is 14.4 Å². The average molecular weight is 884 g/mol. The quantitative estimate of drug-likeness (QED) is 0.112. The van der Waals surface area contributed by atoms with E-state index in [0.29, 0.717) is 23.8 Å². The van der Waals surface area contributed by atoms with E-state index in [0.717, 1.165) is 129 Å². The number of H-pyrrole nitrogens is 2. The molecular formula is C54H61N9O3. The van der Waals surface area contributed by atoms with Gasteiger partial charge in [-0.1, -0.05) is 122 Å². The van der Waals surface area contributed by atoms with Gasteiger partial charge in [-0.2, -0.15) is 0 Å². The van der Waals surface area contributed by atoms with Gasteiger partial charge < -0.3 is 25.1 Å². The molecule has 6 heterocycles. The molecule has 4 saturated heterocycles. The minimum absolute atomic E-state index is 0.0917. The van der Waals surface area contributed by atoms with Gasteiger partial charge in [0.25, 0.3) is 5.91 Å². The van der Waals surface area contributed by atoms with E-state index in [4.69, 9.17) is 9.97 Å². The first-order valence-corrected chi connectivity index (χ1v) is 24.2. The third kappa shape index (κ3) is 8.84. The summed E-state index contributed by atoms with van der Waals surface area (Å²) in [4.78, 5) is 68.0. The first-order chi connectivity index (χ1) is 32.4. The Labute approximate surface area is 387 Å². The molecule has 0 spiro atoms. The highest BCUT2D eigenvalue weighted by Gasteiger charge is 2.41. The van der Waals surface area contributed by atoms with Crippen LogP contribution in [0.4, 0.5) is 0 Å². The van der Waals surface area contributed by atoms with E-state index < -0.39 is 0 Å². The molecule has 4 aliphatic rings. The van der Waals surface area contributed by atoms with Gasteiger partial charge in [0.1, 0.15) is 23.7 Å². The van der Waals surface area contributed by atoms with Crippen molar-refractivity contribution in [1.82, 2.24) is 44.9 Å². The van der Waals surface area contributed by atoms with E-state index in [9.17, 15) is 14.4 Å². The van der Waals surface area contributed by atoms with Crippen molar-refractivity contribution in [3.63, 3.8) is 0 Å². The third-order valence-corrected chi connectivity index (χ3v) is 14.4. The lowest BCUT2D eigenvalue weighted by Gasteiger charge is -2.37. The maximum atomic E-state index is 14.6. The zero-order chi connectivity index (χ0) is 45.0. The number of benzene rings is 4. The number of hydrogen-bond acceptors (Lipinski definition) is 7. The predicted molar refractivity (Wildman–Crippen MR) is 257 cm³/mol. The minimum Gasteiger partial charge on any atom is -0.354 e. The van der Waals surface area contributed by atoms with E-state index in [1.807, 2.05) is 59.6 Å². The fourth-order valence-corrected chi connectivity index (χ4v) is 11.0. The summed E-state index contributed by atoms with van der Waals surface area (Å²) in [5, 5.41) is 2.78. The topological polar surface area (TPSA) is 134 Å². The molecule has 3 N–H and O–H groups in total. The Morgan fingerprint density at radius 3 is 1.52 bits per heavy atom. The standard InChI is InChI=1S/C54H61N9O3/c1-55-52(64)47-46(58-51(59-47)45-21-15-35-63(45)54(66)49(42-18-8-3-9-19-42)61-32-12-5-13-33-61)40-28-24-38(25-29-40)37-22-26-39(27-23-37)43-36-56-50(57-43)44-20-14-34-62(44)53(65)48(41-16-6-2-7-17-41)60-30-10-4-11-31-60/h2-3,6-9,16-19,22-29,36,44-45,48-49H,4-5,10-15,20-21,30-35H2,1H3,(H,55,64)(H,56,57)(H,58,59)/t44-,45-,48?,49+/m0/s1. The fraction of sp³-hybridized carbons (Fsp3) is 0.389. The maximum Gasteiger partial charge on any atom is 0.271 e. The molecule has 6 aromatic rings. The summed E-state index contributed by atoms with van der Waals surface area (Å²) in [5.41, 5.74) is 7.92. The number of piperidine rings is 2. The molecule has 0 aliphatic carbocycles. The van der Waals surface area contributed by atoms with Crippen molar-refractivity contribution in [2.75, 3.05) is 46.3 Å². The number of rotatable bonds is 12. The molecule has 12 heteroatoms. The molecule has 0 bridgehead atoms. The zero-order valence-corrected chi connectivity index (χ0v) is 38.0.